The Morgan fingerprint density at radius 3 is 2.57 bits per heavy atom. The standard InChI is InChI=1S/C16H22N2O3/c1-12(20)18(2)14-6-4-3-5-13(14)15(21)17-11-16(7-8-16)9-10-19/h3-6,19H,7-11H2,1-2H3,(H,17,21). The van der Waals surface area contributed by atoms with Gasteiger partial charge in [0, 0.05) is 27.1 Å². The van der Waals surface area contributed by atoms with Crippen LogP contribution in [0.3, 0.4) is 0 Å². The fourth-order valence-corrected chi connectivity index (χ4v) is 2.42. The van der Waals surface area contributed by atoms with E-state index in [2.05, 4.69) is 5.32 Å². The van der Waals surface area contributed by atoms with Gasteiger partial charge in [-0.25, -0.2) is 0 Å². The summed E-state index contributed by atoms with van der Waals surface area (Å²) in [5.74, 6) is -0.294. The molecule has 0 unspecified atom stereocenters. The maximum atomic E-state index is 12.4. The number of nitrogens with zero attached hydrogens (tertiary/aromatic N) is 1. The van der Waals surface area contributed by atoms with Crippen molar-refractivity contribution in [3.05, 3.63) is 29.8 Å². The smallest absolute Gasteiger partial charge is 0.253 e. The van der Waals surface area contributed by atoms with Gasteiger partial charge in [-0.2, -0.15) is 0 Å². The topological polar surface area (TPSA) is 69.6 Å². The minimum Gasteiger partial charge on any atom is -0.396 e. The maximum absolute atomic E-state index is 12.4. The Labute approximate surface area is 125 Å². The molecule has 21 heavy (non-hydrogen) atoms. The lowest BCUT2D eigenvalue weighted by Crippen LogP contribution is -2.33. The fourth-order valence-electron chi connectivity index (χ4n) is 2.42. The van der Waals surface area contributed by atoms with Gasteiger partial charge in [0.1, 0.15) is 0 Å². The van der Waals surface area contributed by atoms with Gasteiger partial charge in [-0.15, -0.1) is 0 Å². The van der Waals surface area contributed by atoms with Crippen LogP contribution >= 0.6 is 0 Å². The number of rotatable bonds is 6. The van der Waals surface area contributed by atoms with E-state index in [0.29, 0.717) is 17.8 Å². The Morgan fingerprint density at radius 2 is 2.00 bits per heavy atom. The molecular weight excluding hydrogens is 268 g/mol. The van der Waals surface area contributed by atoms with Crippen LogP contribution in [0.4, 0.5) is 5.69 Å². The van der Waals surface area contributed by atoms with E-state index < -0.39 is 0 Å². The molecule has 114 valence electrons. The molecule has 1 fully saturated rings. The number of para-hydroxylation sites is 1. The largest absolute Gasteiger partial charge is 0.396 e. The summed E-state index contributed by atoms with van der Waals surface area (Å²) < 4.78 is 0. The van der Waals surface area contributed by atoms with Crippen molar-refractivity contribution in [1.82, 2.24) is 5.32 Å². The summed E-state index contributed by atoms with van der Waals surface area (Å²) >= 11 is 0. The molecule has 0 saturated heterocycles. The summed E-state index contributed by atoms with van der Waals surface area (Å²) in [4.78, 5) is 25.3. The van der Waals surface area contributed by atoms with E-state index in [-0.39, 0.29) is 23.8 Å². The van der Waals surface area contributed by atoms with E-state index >= 15 is 0 Å². The van der Waals surface area contributed by atoms with E-state index in [0.717, 1.165) is 19.3 Å². The highest BCUT2D eigenvalue weighted by Crippen LogP contribution is 2.47. The molecule has 0 atom stereocenters. The lowest BCUT2D eigenvalue weighted by atomic mass is 10.0. The van der Waals surface area contributed by atoms with Crippen molar-refractivity contribution in [1.29, 1.82) is 0 Å². The first-order chi connectivity index (χ1) is 9.99. The molecule has 2 N–H and O–H groups in total. The first-order valence-electron chi connectivity index (χ1n) is 7.21. The van der Waals surface area contributed by atoms with Crippen LogP contribution in [0.15, 0.2) is 24.3 Å². The average molecular weight is 290 g/mol. The zero-order valence-corrected chi connectivity index (χ0v) is 12.6. The number of aliphatic hydroxyl groups excluding tert-OH is 1. The number of hydrogen-bond donors (Lipinski definition) is 2. The van der Waals surface area contributed by atoms with Gasteiger partial charge in [-0.3, -0.25) is 9.59 Å². The van der Waals surface area contributed by atoms with Crippen molar-refractivity contribution in [2.75, 3.05) is 25.1 Å². The number of aliphatic hydroxyl groups is 1. The summed E-state index contributed by atoms with van der Waals surface area (Å²) in [6.45, 7) is 2.19. The minimum atomic E-state index is -0.178. The number of benzene rings is 1. The molecule has 0 radical (unpaired) electrons. The third-order valence-corrected chi connectivity index (χ3v) is 4.21. The summed E-state index contributed by atoms with van der Waals surface area (Å²) in [5, 5.41) is 12.0. The normalized spacial score (nSPS) is 15.4. The molecule has 1 saturated carbocycles. The lowest BCUT2D eigenvalue weighted by molar-refractivity contribution is -0.116. The number of carbonyl (C=O) groups is 2. The third kappa shape index (κ3) is 3.61. The molecule has 1 aliphatic rings. The maximum Gasteiger partial charge on any atom is 0.253 e. The van der Waals surface area contributed by atoms with Gasteiger partial charge in [-0.1, -0.05) is 12.1 Å². The molecule has 0 aromatic heterocycles. The lowest BCUT2D eigenvalue weighted by Gasteiger charge is -2.20. The predicted molar refractivity (Wildman–Crippen MR) is 81.2 cm³/mol. The van der Waals surface area contributed by atoms with Crippen LogP contribution in [-0.2, 0) is 4.79 Å². The second-order valence-electron chi connectivity index (χ2n) is 5.75. The number of carbonyl (C=O) groups excluding carboxylic acids is 2. The summed E-state index contributed by atoms with van der Waals surface area (Å²) in [6.07, 6.45) is 2.81. The summed E-state index contributed by atoms with van der Waals surface area (Å²) in [6, 6.07) is 7.07. The van der Waals surface area contributed by atoms with Crippen LogP contribution in [-0.4, -0.2) is 37.1 Å². The van der Waals surface area contributed by atoms with Crippen LogP contribution in [0.1, 0.15) is 36.5 Å². The van der Waals surface area contributed by atoms with E-state index in [1.807, 2.05) is 0 Å². The van der Waals surface area contributed by atoms with Gasteiger partial charge in [-0.05, 0) is 36.8 Å². The van der Waals surface area contributed by atoms with Crippen molar-refractivity contribution in [2.24, 2.45) is 5.41 Å². The Hall–Kier alpha value is -1.88. The van der Waals surface area contributed by atoms with Gasteiger partial charge in [0.15, 0.2) is 0 Å². The fraction of sp³-hybridized carbons (Fsp3) is 0.500. The molecule has 2 rings (SSSR count). The molecule has 0 heterocycles. The molecule has 1 aromatic carbocycles. The van der Waals surface area contributed by atoms with Crippen LogP contribution in [0.5, 0.6) is 0 Å². The Balaban J connectivity index is 2.07. The minimum absolute atomic E-state index is 0.0752. The van der Waals surface area contributed by atoms with Crippen LogP contribution in [0.2, 0.25) is 0 Å². The highest BCUT2D eigenvalue weighted by atomic mass is 16.3. The Bertz CT molecular complexity index is 538. The highest BCUT2D eigenvalue weighted by molar-refractivity contribution is 6.04. The van der Waals surface area contributed by atoms with Gasteiger partial charge in [0.25, 0.3) is 5.91 Å². The second kappa shape index (κ2) is 6.26. The van der Waals surface area contributed by atoms with Gasteiger partial charge < -0.3 is 15.3 Å². The number of amides is 2. The number of anilines is 1. The predicted octanol–water partition coefficient (Wildman–Crippen LogP) is 1.56. The zero-order valence-electron chi connectivity index (χ0n) is 12.6. The Morgan fingerprint density at radius 1 is 1.33 bits per heavy atom. The van der Waals surface area contributed by atoms with Crippen molar-refractivity contribution >= 4 is 17.5 Å². The van der Waals surface area contributed by atoms with Crippen LogP contribution in [0.25, 0.3) is 0 Å². The third-order valence-electron chi connectivity index (χ3n) is 4.21. The van der Waals surface area contributed by atoms with Crippen LogP contribution in [0, 0.1) is 5.41 Å². The van der Waals surface area contributed by atoms with E-state index in [1.54, 1.807) is 31.3 Å². The van der Waals surface area contributed by atoms with Crippen molar-refractivity contribution < 1.29 is 14.7 Å². The Kier molecular flexibility index (Phi) is 4.63. The quantitative estimate of drug-likeness (QED) is 0.835. The van der Waals surface area contributed by atoms with Crippen molar-refractivity contribution in [3.8, 4) is 0 Å². The van der Waals surface area contributed by atoms with Crippen LogP contribution < -0.4 is 10.2 Å². The van der Waals surface area contributed by atoms with Crippen molar-refractivity contribution in [2.45, 2.75) is 26.2 Å². The molecule has 0 spiro atoms. The molecular formula is C16H22N2O3. The molecule has 1 aromatic rings. The summed E-state index contributed by atoms with van der Waals surface area (Å²) in [7, 11) is 1.66. The first kappa shape index (κ1) is 15.5. The molecule has 0 bridgehead atoms. The van der Waals surface area contributed by atoms with E-state index in [9.17, 15) is 9.59 Å². The van der Waals surface area contributed by atoms with Gasteiger partial charge in [0.05, 0.1) is 11.3 Å². The average Bonchev–Trinajstić information content (AvgIpc) is 3.24. The van der Waals surface area contributed by atoms with E-state index in [1.165, 1.54) is 11.8 Å². The molecule has 5 heteroatoms. The SMILES string of the molecule is CC(=O)N(C)c1ccccc1C(=O)NCC1(CCO)CC1. The summed E-state index contributed by atoms with van der Waals surface area (Å²) in [5.41, 5.74) is 1.18. The van der Waals surface area contributed by atoms with Gasteiger partial charge >= 0.3 is 0 Å². The first-order valence-corrected chi connectivity index (χ1v) is 7.21. The molecule has 0 aliphatic heterocycles. The second-order valence-corrected chi connectivity index (χ2v) is 5.75. The molecule has 2 amide bonds. The van der Waals surface area contributed by atoms with E-state index in [4.69, 9.17) is 5.11 Å². The highest BCUT2D eigenvalue weighted by Gasteiger charge is 2.42. The number of nitrogens with one attached hydrogen (secondary N) is 1. The van der Waals surface area contributed by atoms with Gasteiger partial charge in [0.2, 0.25) is 5.91 Å². The number of hydrogen-bond acceptors (Lipinski definition) is 3. The monoisotopic (exact) mass is 290 g/mol. The molecule has 1 aliphatic carbocycles. The zero-order chi connectivity index (χ0) is 15.5. The molecule has 5 nitrogen and oxygen atoms in total. The van der Waals surface area contributed by atoms with Crippen molar-refractivity contribution in [3.63, 3.8) is 0 Å².